The molecule has 29 heavy (non-hydrogen) atoms. The van der Waals surface area contributed by atoms with E-state index in [0.717, 1.165) is 67.7 Å². The number of fused-ring (bicyclic) bond motifs is 1. The van der Waals surface area contributed by atoms with Gasteiger partial charge in [0.1, 0.15) is 5.82 Å². The number of anilines is 1. The summed E-state index contributed by atoms with van der Waals surface area (Å²) in [5.41, 5.74) is 3.67. The zero-order valence-electron chi connectivity index (χ0n) is 17.1. The van der Waals surface area contributed by atoms with Crippen LogP contribution in [0.25, 0.3) is 11.4 Å². The van der Waals surface area contributed by atoms with Crippen LogP contribution in [0.1, 0.15) is 67.9 Å². The number of rotatable bonds is 4. The van der Waals surface area contributed by atoms with Gasteiger partial charge in [0.15, 0.2) is 11.6 Å². The molecule has 2 aromatic heterocycles. The van der Waals surface area contributed by atoms with Crippen molar-refractivity contribution in [3.05, 3.63) is 53.3 Å². The Morgan fingerprint density at radius 3 is 2.52 bits per heavy atom. The second kappa shape index (κ2) is 7.58. The molecule has 3 aromatic rings. The Hall–Kier alpha value is -2.76. The Morgan fingerprint density at radius 1 is 1.00 bits per heavy atom. The first-order valence-corrected chi connectivity index (χ1v) is 10.7. The lowest BCUT2D eigenvalue weighted by atomic mass is 9.96. The summed E-state index contributed by atoms with van der Waals surface area (Å²) in [7, 11) is 0. The van der Waals surface area contributed by atoms with E-state index in [1.54, 1.807) is 0 Å². The van der Waals surface area contributed by atoms with Crippen LogP contribution in [0.5, 0.6) is 0 Å². The lowest BCUT2D eigenvalue weighted by molar-refractivity contribution is 0.325. The van der Waals surface area contributed by atoms with Crippen LogP contribution in [-0.2, 0) is 12.8 Å². The molecule has 0 N–H and O–H groups in total. The number of aryl methyl sites for hydroxylation is 1. The van der Waals surface area contributed by atoms with E-state index in [1.165, 1.54) is 17.7 Å². The van der Waals surface area contributed by atoms with Gasteiger partial charge in [0.2, 0.25) is 5.89 Å². The highest BCUT2D eigenvalue weighted by Crippen LogP contribution is 2.35. The summed E-state index contributed by atoms with van der Waals surface area (Å²) < 4.78 is 5.55. The molecule has 1 saturated heterocycles. The zero-order valence-corrected chi connectivity index (χ0v) is 17.1. The molecule has 0 radical (unpaired) electrons. The lowest BCUT2D eigenvalue weighted by Crippen LogP contribution is -2.34. The molecule has 0 bridgehead atoms. The first-order valence-electron chi connectivity index (χ1n) is 10.7. The zero-order chi connectivity index (χ0) is 19.8. The monoisotopic (exact) mass is 389 g/mol. The minimum Gasteiger partial charge on any atom is -0.356 e. The van der Waals surface area contributed by atoms with Crippen molar-refractivity contribution in [2.45, 2.75) is 57.8 Å². The third kappa shape index (κ3) is 3.52. The second-order valence-corrected chi connectivity index (χ2v) is 8.42. The largest absolute Gasteiger partial charge is 0.356 e. The third-order valence-electron chi connectivity index (χ3n) is 6.06. The van der Waals surface area contributed by atoms with E-state index in [2.05, 4.69) is 41.0 Å². The molecule has 0 amide bonds. The van der Waals surface area contributed by atoms with Crippen LogP contribution >= 0.6 is 0 Å². The Morgan fingerprint density at radius 2 is 1.79 bits per heavy atom. The molecule has 2 aliphatic rings. The smallest absolute Gasteiger partial charge is 0.229 e. The number of nitrogens with zero attached hydrogens (tertiary/aromatic N) is 5. The lowest BCUT2D eigenvalue weighted by Gasteiger charge is -2.32. The van der Waals surface area contributed by atoms with Crippen molar-refractivity contribution in [2.75, 3.05) is 18.0 Å². The van der Waals surface area contributed by atoms with Crippen molar-refractivity contribution in [1.29, 1.82) is 0 Å². The molecule has 0 saturated carbocycles. The van der Waals surface area contributed by atoms with Gasteiger partial charge in [-0.15, -0.1) is 0 Å². The van der Waals surface area contributed by atoms with Gasteiger partial charge in [-0.25, -0.2) is 9.97 Å². The average molecular weight is 390 g/mol. The molecule has 3 heterocycles. The van der Waals surface area contributed by atoms with Gasteiger partial charge in [-0.3, -0.25) is 0 Å². The van der Waals surface area contributed by atoms with Crippen molar-refractivity contribution < 1.29 is 4.52 Å². The highest BCUT2D eigenvalue weighted by molar-refractivity contribution is 5.61. The van der Waals surface area contributed by atoms with E-state index in [4.69, 9.17) is 14.5 Å². The van der Waals surface area contributed by atoms with Crippen LogP contribution in [-0.4, -0.2) is 33.2 Å². The first-order chi connectivity index (χ1) is 14.2. The van der Waals surface area contributed by atoms with E-state index in [0.29, 0.717) is 11.8 Å². The number of hydrogen-bond acceptors (Lipinski definition) is 6. The predicted octanol–water partition coefficient (Wildman–Crippen LogP) is 4.52. The summed E-state index contributed by atoms with van der Waals surface area (Å²) in [6.45, 7) is 6.11. The molecule has 6 heteroatoms. The Bertz CT molecular complexity index is 990. The summed E-state index contributed by atoms with van der Waals surface area (Å²) >= 11 is 0. The van der Waals surface area contributed by atoms with E-state index < -0.39 is 0 Å². The number of piperidine rings is 1. The Kier molecular flexibility index (Phi) is 4.78. The fraction of sp³-hybridized carbons (Fsp3) is 0.478. The van der Waals surface area contributed by atoms with Crippen molar-refractivity contribution in [3.63, 3.8) is 0 Å². The molecule has 5 rings (SSSR count). The van der Waals surface area contributed by atoms with E-state index in [-0.39, 0.29) is 0 Å². The highest BCUT2D eigenvalue weighted by Gasteiger charge is 2.29. The van der Waals surface area contributed by atoms with E-state index >= 15 is 0 Å². The molecule has 1 aromatic carbocycles. The van der Waals surface area contributed by atoms with Crippen LogP contribution < -0.4 is 4.90 Å². The summed E-state index contributed by atoms with van der Waals surface area (Å²) in [5.74, 6) is 4.23. The van der Waals surface area contributed by atoms with Gasteiger partial charge >= 0.3 is 0 Å². The summed E-state index contributed by atoms with van der Waals surface area (Å²) in [4.78, 5) is 17.0. The molecule has 0 spiro atoms. The average Bonchev–Trinajstić information content (AvgIpc) is 3.44. The molecule has 1 fully saturated rings. The molecular formula is C23H27N5O. The van der Waals surface area contributed by atoms with Crippen molar-refractivity contribution in [2.24, 2.45) is 0 Å². The SMILES string of the molecule is CC(C)c1noc(C2CCN(c3nc(-c4ccccc4)nc4c3CCC4)CC2)n1. The van der Waals surface area contributed by atoms with Gasteiger partial charge in [0.25, 0.3) is 0 Å². The van der Waals surface area contributed by atoms with Gasteiger partial charge in [-0.2, -0.15) is 4.98 Å². The van der Waals surface area contributed by atoms with Crippen LogP contribution in [0, 0.1) is 0 Å². The van der Waals surface area contributed by atoms with Crippen LogP contribution in [0.3, 0.4) is 0 Å². The molecule has 0 unspecified atom stereocenters. The van der Waals surface area contributed by atoms with E-state index in [9.17, 15) is 0 Å². The maximum Gasteiger partial charge on any atom is 0.229 e. The minimum atomic E-state index is 0.299. The molecule has 0 atom stereocenters. The summed E-state index contributed by atoms with van der Waals surface area (Å²) in [6.07, 6.45) is 5.34. The maximum atomic E-state index is 5.55. The standard InChI is InChI=1S/C23H27N5O/c1-15(2)20-26-23(29-27-20)17-11-13-28(14-12-17)22-18-9-6-10-19(18)24-21(25-22)16-7-4-3-5-8-16/h3-5,7-8,15,17H,6,9-14H2,1-2H3. The molecular weight excluding hydrogens is 362 g/mol. The topological polar surface area (TPSA) is 67.9 Å². The molecule has 1 aliphatic carbocycles. The van der Waals surface area contributed by atoms with Crippen LogP contribution in [0.4, 0.5) is 5.82 Å². The van der Waals surface area contributed by atoms with Gasteiger partial charge in [-0.05, 0) is 32.1 Å². The number of hydrogen-bond donors (Lipinski definition) is 0. The number of aromatic nitrogens is 4. The molecule has 150 valence electrons. The normalized spacial score (nSPS) is 17.1. The number of benzene rings is 1. The molecule has 6 nitrogen and oxygen atoms in total. The van der Waals surface area contributed by atoms with Crippen LogP contribution in [0.15, 0.2) is 34.9 Å². The van der Waals surface area contributed by atoms with Crippen molar-refractivity contribution in [3.8, 4) is 11.4 Å². The van der Waals surface area contributed by atoms with Crippen molar-refractivity contribution in [1.82, 2.24) is 20.1 Å². The quantitative estimate of drug-likeness (QED) is 0.653. The third-order valence-corrected chi connectivity index (χ3v) is 6.06. The fourth-order valence-corrected chi connectivity index (χ4v) is 4.38. The van der Waals surface area contributed by atoms with Gasteiger partial charge in [0, 0.05) is 41.7 Å². The summed E-state index contributed by atoms with van der Waals surface area (Å²) in [5, 5.41) is 4.14. The van der Waals surface area contributed by atoms with E-state index in [1.807, 2.05) is 18.2 Å². The predicted molar refractivity (Wildman–Crippen MR) is 112 cm³/mol. The summed E-state index contributed by atoms with van der Waals surface area (Å²) in [6, 6.07) is 10.3. The molecule has 1 aliphatic heterocycles. The highest BCUT2D eigenvalue weighted by atomic mass is 16.5. The van der Waals surface area contributed by atoms with Crippen molar-refractivity contribution >= 4 is 5.82 Å². The fourth-order valence-electron chi connectivity index (χ4n) is 4.38. The maximum absolute atomic E-state index is 5.55. The van der Waals surface area contributed by atoms with Gasteiger partial charge < -0.3 is 9.42 Å². The Balaban J connectivity index is 1.38. The Labute approximate surface area is 171 Å². The minimum absolute atomic E-state index is 0.299. The first kappa shape index (κ1) is 18.3. The van der Waals surface area contributed by atoms with Gasteiger partial charge in [-0.1, -0.05) is 49.3 Å². The van der Waals surface area contributed by atoms with Gasteiger partial charge in [0.05, 0.1) is 0 Å². The van der Waals surface area contributed by atoms with Crippen LogP contribution in [0.2, 0.25) is 0 Å². The second-order valence-electron chi connectivity index (χ2n) is 8.42.